The van der Waals surface area contributed by atoms with Gasteiger partial charge in [-0.15, -0.1) is 0 Å². The van der Waals surface area contributed by atoms with E-state index >= 15 is 0 Å². The van der Waals surface area contributed by atoms with Crippen LogP contribution < -0.4 is 10.6 Å². The SMILES string of the molecule is COCc1cccc(NC(=O)C2CCNC2)c1. The summed E-state index contributed by atoms with van der Waals surface area (Å²) < 4.78 is 5.06. The number of hydrogen-bond donors (Lipinski definition) is 2. The van der Waals surface area contributed by atoms with Crippen LogP contribution in [0.15, 0.2) is 24.3 Å². The number of anilines is 1. The van der Waals surface area contributed by atoms with E-state index in [4.69, 9.17) is 4.74 Å². The van der Waals surface area contributed by atoms with Crippen LogP contribution in [-0.2, 0) is 16.1 Å². The summed E-state index contributed by atoms with van der Waals surface area (Å²) >= 11 is 0. The van der Waals surface area contributed by atoms with Crippen molar-refractivity contribution in [1.29, 1.82) is 0 Å². The number of carbonyl (C=O) groups excluding carboxylic acids is 1. The lowest BCUT2D eigenvalue weighted by Gasteiger charge is -2.10. The molecule has 1 amide bonds. The molecule has 1 aliphatic rings. The molecule has 4 heteroatoms. The van der Waals surface area contributed by atoms with Crippen LogP contribution in [0.5, 0.6) is 0 Å². The number of carbonyl (C=O) groups is 1. The molecule has 2 N–H and O–H groups in total. The van der Waals surface area contributed by atoms with Crippen molar-refractivity contribution >= 4 is 11.6 Å². The second kappa shape index (κ2) is 5.80. The van der Waals surface area contributed by atoms with E-state index in [2.05, 4.69) is 10.6 Å². The second-order valence-corrected chi connectivity index (χ2v) is 4.31. The highest BCUT2D eigenvalue weighted by Gasteiger charge is 2.22. The first-order chi connectivity index (χ1) is 8.29. The lowest BCUT2D eigenvalue weighted by atomic mass is 10.1. The van der Waals surface area contributed by atoms with Gasteiger partial charge in [-0.05, 0) is 30.7 Å². The van der Waals surface area contributed by atoms with Crippen molar-refractivity contribution in [3.63, 3.8) is 0 Å². The molecule has 1 aromatic rings. The predicted molar refractivity (Wildman–Crippen MR) is 66.8 cm³/mol. The third-order valence-corrected chi connectivity index (χ3v) is 2.94. The largest absolute Gasteiger partial charge is 0.380 e. The van der Waals surface area contributed by atoms with Crippen molar-refractivity contribution in [1.82, 2.24) is 5.32 Å². The van der Waals surface area contributed by atoms with Crippen LogP contribution in [0, 0.1) is 5.92 Å². The summed E-state index contributed by atoms with van der Waals surface area (Å²) in [6.07, 6.45) is 0.920. The summed E-state index contributed by atoms with van der Waals surface area (Å²) in [5.74, 6) is 0.200. The number of benzene rings is 1. The zero-order chi connectivity index (χ0) is 12.1. The molecule has 4 nitrogen and oxygen atoms in total. The minimum Gasteiger partial charge on any atom is -0.380 e. The molecule has 2 rings (SSSR count). The molecule has 0 bridgehead atoms. The van der Waals surface area contributed by atoms with Crippen LogP contribution in [0.4, 0.5) is 5.69 Å². The summed E-state index contributed by atoms with van der Waals surface area (Å²) in [6, 6.07) is 7.76. The van der Waals surface area contributed by atoms with E-state index in [0.29, 0.717) is 6.61 Å². The van der Waals surface area contributed by atoms with Crippen LogP contribution in [0.1, 0.15) is 12.0 Å². The molecule has 0 spiro atoms. The van der Waals surface area contributed by atoms with Crippen molar-refractivity contribution in [2.45, 2.75) is 13.0 Å². The maximum absolute atomic E-state index is 11.9. The smallest absolute Gasteiger partial charge is 0.228 e. The molecule has 0 aromatic heterocycles. The molecule has 1 atom stereocenters. The van der Waals surface area contributed by atoms with Gasteiger partial charge in [-0.1, -0.05) is 12.1 Å². The minimum atomic E-state index is 0.0982. The molecule has 92 valence electrons. The van der Waals surface area contributed by atoms with Crippen LogP contribution in [-0.4, -0.2) is 26.1 Å². The number of methoxy groups -OCH3 is 1. The summed E-state index contributed by atoms with van der Waals surface area (Å²) in [7, 11) is 1.66. The van der Waals surface area contributed by atoms with E-state index in [1.807, 2.05) is 24.3 Å². The lowest BCUT2D eigenvalue weighted by molar-refractivity contribution is -0.119. The van der Waals surface area contributed by atoms with Gasteiger partial charge < -0.3 is 15.4 Å². The van der Waals surface area contributed by atoms with Gasteiger partial charge in [0.1, 0.15) is 0 Å². The van der Waals surface area contributed by atoms with E-state index < -0.39 is 0 Å². The molecule has 0 radical (unpaired) electrons. The van der Waals surface area contributed by atoms with Crippen LogP contribution in [0.25, 0.3) is 0 Å². The Bertz CT molecular complexity index is 387. The monoisotopic (exact) mass is 234 g/mol. The molecule has 1 unspecified atom stereocenters. The van der Waals surface area contributed by atoms with E-state index in [-0.39, 0.29) is 11.8 Å². The van der Waals surface area contributed by atoms with Crippen molar-refractivity contribution in [2.24, 2.45) is 5.92 Å². The highest BCUT2D eigenvalue weighted by Crippen LogP contribution is 2.15. The Morgan fingerprint density at radius 1 is 1.59 bits per heavy atom. The number of hydrogen-bond acceptors (Lipinski definition) is 3. The average Bonchev–Trinajstić information content (AvgIpc) is 2.83. The Morgan fingerprint density at radius 3 is 3.18 bits per heavy atom. The van der Waals surface area contributed by atoms with Crippen LogP contribution >= 0.6 is 0 Å². The maximum atomic E-state index is 11.9. The summed E-state index contributed by atoms with van der Waals surface area (Å²) in [5.41, 5.74) is 1.91. The Hall–Kier alpha value is -1.39. The minimum absolute atomic E-state index is 0.0982. The third kappa shape index (κ3) is 3.28. The first-order valence-corrected chi connectivity index (χ1v) is 5.89. The van der Waals surface area contributed by atoms with Gasteiger partial charge in [0, 0.05) is 19.3 Å². The Balaban J connectivity index is 1.97. The van der Waals surface area contributed by atoms with Gasteiger partial charge in [0.15, 0.2) is 0 Å². The normalized spacial score (nSPS) is 19.2. The van der Waals surface area contributed by atoms with Crippen LogP contribution in [0.2, 0.25) is 0 Å². The molecule has 1 fully saturated rings. The molecule has 1 saturated heterocycles. The molecule has 1 aliphatic heterocycles. The molecule has 0 aliphatic carbocycles. The Morgan fingerprint density at radius 2 is 2.47 bits per heavy atom. The Kier molecular flexibility index (Phi) is 4.12. The molecule has 1 heterocycles. The second-order valence-electron chi connectivity index (χ2n) is 4.31. The number of rotatable bonds is 4. The molecule has 1 aromatic carbocycles. The lowest BCUT2D eigenvalue weighted by Crippen LogP contribution is -2.24. The van der Waals surface area contributed by atoms with Crippen LogP contribution in [0.3, 0.4) is 0 Å². The number of nitrogens with one attached hydrogen (secondary N) is 2. The van der Waals surface area contributed by atoms with E-state index in [0.717, 1.165) is 30.8 Å². The predicted octanol–water partition coefficient (Wildman–Crippen LogP) is 1.38. The number of ether oxygens (including phenoxy) is 1. The molecule has 17 heavy (non-hydrogen) atoms. The van der Waals surface area contributed by atoms with Gasteiger partial charge in [0.05, 0.1) is 12.5 Å². The third-order valence-electron chi connectivity index (χ3n) is 2.94. The zero-order valence-corrected chi connectivity index (χ0v) is 10.0. The summed E-state index contributed by atoms with van der Waals surface area (Å²) in [4.78, 5) is 11.9. The summed E-state index contributed by atoms with van der Waals surface area (Å²) in [5, 5.41) is 6.14. The van der Waals surface area contributed by atoms with Gasteiger partial charge in [-0.25, -0.2) is 0 Å². The first kappa shape index (κ1) is 12.1. The topological polar surface area (TPSA) is 50.4 Å². The van der Waals surface area contributed by atoms with E-state index in [1.54, 1.807) is 7.11 Å². The average molecular weight is 234 g/mol. The quantitative estimate of drug-likeness (QED) is 0.827. The van der Waals surface area contributed by atoms with Gasteiger partial charge in [0.2, 0.25) is 5.91 Å². The van der Waals surface area contributed by atoms with Gasteiger partial charge >= 0.3 is 0 Å². The first-order valence-electron chi connectivity index (χ1n) is 5.89. The fourth-order valence-electron chi connectivity index (χ4n) is 2.03. The van der Waals surface area contributed by atoms with E-state index in [1.165, 1.54) is 0 Å². The van der Waals surface area contributed by atoms with Gasteiger partial charge in [-0.3, -0.25) is 4.79 Å². The highest BCUT2D eigenvalue weighted by atomic mass is 16.5. The highest BCUT2D eigenvalue weighted by molar-refractivity contribution is 5.92. The molecular formula is C13H18N2O2. The van der Waals surface area contributed by atoms with Gasteiger partial charge in [0.25, 0.3) is 0 Å². The Labute approximate surface area is 101 Å². The zero-order valence-electron chi connectivity index (χ0n) is 10.0. The maximum Gasteiger partial charge on any atom is 0.228 e. The van der Waals surface area contributed by atoms with Crippen molar-refractivity contribution in [2.75, 3.05) is 25.5 Å². The molecular weight excluding hydrogens is 216 g/mol. The van der Waals surface area contributed by atoms with Crippen molar-refractivity contribution in [3.8, 4) is 0 Å². The fourth-order valence-corrected chi connectivity index (χ4v) is 2.03. The fraction of sp³-hybridized carbons (Fsp3) is 0.462. The van der Waals surface area contributed by atoms with Gasteiger partial charge in [-0.2, -0.15) is 0 Å². The molecule has 0 saturated carbocycles. The summed E-state index contributed by atoms with van der Waals surface area (Å²) in [6.45, 7) is 2.28. The van der Waals surface area contributed by atoms with Crippen molar-refractivity contribution in [3.05, 3.63) is 29.8 Å². The number of amides is 1. The van der Waals surface area contributed by atoms with Crippen molar-refractivity contribution < 1.29 is 9.53 Å². The van der Waals surface area contributed by atoms with E-state index in [9.17, 15) is 4.79 Å². The standard InChI is InChI=1S/C13H18N2O2/c1-17-9-10-3-2-4-12(7-10)15-13(16)11-5-6-14-8-11/h2-4,7,11,14H,5-6,8-9H2,1H3,(H,15,16).